The number of carbonyl (C=O) groups excluding carboxylic acids is 1. The molecule has 0 radical (unpaired) electrons. The van der Waals surface area contributed by atoms with Gasteiger partial charge in [-0.3, -0.25) is 9.78 Å². The maximum absolute atomic E-state index is 12.9. The molecule has 3 heterocycles. The van der Waals surface area contributed by atoms with Crippen molar-refractivity contribution in [2.45, 2.75) is 59.7 Å². The molecule has 2 aromatic heterocycles. The van der Waals surface area contributed by atoms with Gasteiger partial charge in [-0.2, -0.15) is 0 Å². The highest BCUT2D eigenvalue weighted by molar-refractivity contribution is 7.80. The van der Waals surface area contributed by atoms with E-state index in [0.717, 1.165) is 29.1 Å². The molecule has 0 unspecified atom stereocenters. The minimum absolute atomic E-state index is 0.0180. The third kappa shape index (κ3) is 4.71. The van der Waals surface area contributed by atoms with Gasteiger partial charge in [0.2, 0.25) is 5.91 Å². The molecule has 178 valence electrons. The van der Waals surface area contributed by atoms with Gasteiger partial charge in [-0.05, 0) is 87.8 Å². The molecule has 1 saturated heterocycles. The van der Waals surface area contributed by atoms with Gasteiger partial charge in [0.1, 0.15) is 0 Å². The van der Waals surface area contributed by atoms with E-state index in [4.69, 9.17) is 12.2 Å². The van der Waals surface area contributed by atoms with E-state index < -0.39 is 0 Å². The maximum Gasteiger partial charge on any atom is 0.226 e. The maximum atomic E-state index is 12.9. The highest BCUT2D eigenvalue weighted by Crippen LogP contribution is 2.40. The van der Waals surface area contributed by atoms with Crippen LogP contribution in [-0.4, -0.2) is 32.0 Å². The summed E-state index contributed by atoms with van der Waals surface area (Å²) >= 11 is 5.77. The Morgan fingerprint density at radius 3 is 2.62 bits per heavy atom. The Morgan fingerprint density at radius 1 is 1.15 bits per heavy atom. The quantitative estimate of drug-likeness (QED) is 0.464. The van der Waals surface area contributed by atoms with Crippen molar-refractivity contribution < 1.29 is 4.79 Å². The molecular weight excluding hydrogens is 442 g/mol. The van der Waals surface area contributed by atoms with Crippen LogP contribution in [0, 0.1) is 27.7 Å². The molecule has 0 saturated carbocycles. The van der Waals surface area contributed by atoms with Crippen molar-refractivity contribution in [1.82, 2.24) is 19.8 Å². The number of aryl methyl sites for hydroxylation is 3. The molecule has 2 N–H and O–H groups in total. The van der Waals surface area contributed by atoms with Crippen molar-refractivity contribution in [1.29, 1.82) is 0 Å². The van der Waals surface area contributed by atoms with Crippen LogP contribution in [-0.2, 0) is 11.3 Å². The number of carbonyl (C=O) groups is 1. The van der Waals surface area contributed by atoms with Crippen molar-refractivity contribution in [2.75, 3.05) is 11.9 Å². The average Bonchev–Trinajstić information content (AvgIpc) is 3.29. The van der Waals surface area contributed by atoms with Crippen LogP contribution in [0.5, 0.6) is 0 Å². The first-order chi connectivity index (χ1) is 16.3. The second kappa shape index (κ2) is 9.97. The molecule has 1 aliphatic rings. The second-order valence-corrected chi connectivity index (χ2v) is 9.39. The monoisotopic (exact) mass is 475 g/mol. The van der Waals surface area contributed by atoms with Crippen molar-refractivity contribution in [3.8, 4) is 0 Å². The van der Waals surface area contributed by atoms with Gasteiger partial charge in [0.25, 0.3) is 0 Å². The zero-order chi connectivity index (χ0) is 24.4. The van der Waals surface area contributed by atoms with E-state index in [9.17, 15) is 4.79 Å². The van der Waals surface area contributed by atoms with E-state index in [2.05, 4.69) is 58.0 Å². The number of benzene rings is 1. The lowest BCUT2D eigenvalue weighted by Crippen LogP contribution is -2.33. The van der Waals surface area contributed by atoms with Crippen LogP contribution in [0.4, 0.5) is 5.69 Å². The first kappa shape index (κ1) is 24.0. The molecule has 7 heteroatoms. The largest absolute Gasteiger partial charge is 0.352 e. The number of nitrogens with zero attached hydrogens (tertiary/aromatic N) is 3. The minimum Gasteiger partial charge on any atom is -0.352 e. The summed E-state index contributed by atoms with van der Waals surface area (Å²) in [5.74, 6) is -0.0180. The van der Waals surface area contributed by atoms with Crippen LogP contribution in [0.15, 0.2) is 48.7 Å². The average molecular weight is 476 g/mol. The molecule has 34 heavy (non-hydrogen) atoms. The molecule has 1 aromatic carbocycles. The van der Waals surface area contributed by atoms with Gasteiger partial charge < -0.3 is 20.1 Å². The molecule has 3 aromatic rings. The lowest BCUT2D eigenvalue weighted by Gasteiger charge is -2.28. The SMILES string of the molecule is CCn1c(C)cc([C@H]2[C@@H](c3ccccn3)NC(=S)N2CCC(=O)Nc2cc(C)ccc2C)c1C. The van der Waals surface area contributed by atoms with E-state index >= 15 is 0 Å². The van der Waals surface area contributed by atoms with Crippen LogP contribution < -0.4 is 10.6 Å². The summed E-state index contributed by atoms with van der Waals surface area (Å²) in [6.07, 6.45) is 2.15. The smallest absolute Gasteiger partial charge is 0.226 e. The predicted molar refractivity (Wildman–Crippen MR) is 141 cm³/mol. The number of aromatic nitrogens is 2. The lowest BCUT2D eigenvalue weighted by atomic mass is 9.96. The molecule has 6 nitrogen and oxygen atoms in total. The molecule has 1 fully saturated rings. The highest BCUT2D eigenvalue weighted by atomic mass is 32.1. The molecule has 1 aliphatic heterocycles. The van der Waals surface area contributed by atoms with E-state index in [-0.39, 0.29) is 18.0 Å². The number of hydrogen-bond acceptors (Lipinski definition) is 3. The fourth-order valence-electron chi connectivity index (χ4n) is 4.90. The van der Waals surface area contributed by atoms with E-state index in [1.807, 2.05) is 50.4 Å². The molecule has 2 atom stereocenters. The van der Waals surface area contributed by atoms with Gasteiger partial charge in [-0.25, -0.2) is 0 Å². The number of amides is 1. The van der Waals surface area contributed by atoms with Crippen LogP contribution >= 0.6 is 12.2 Å². The van der Waals surface area contributed by atoms with E-state index in [0.29, 0.717) is 18.1 Å². The van der Waals surface area contributed by atoms with Crippen LogP contribution in [0.25, 0.3) is 0 Å². The lowest BCUT2D eigenvalue weighted by molar-refractivity contribution is -0.116. The summed E-state index contributed by atoms with van der Waals surface area (Å²) in [5, 5.41) is 7.22. The molecule has 0 aliphatic carbocycles. The topological polar surface area (TPSA) is 62.2 Å². The number of hydrogen-bond donors (Lipinski definition) is 2. The van der Waals surface area contributed by atoms with Gasteiger partial charge in [0.05, 0.1) is 17.8 Å². The Morgan fingerprint density at radius 2 is 1.94 bits per heavy atom. The van der Waals surface area contributed by atoms with Gasteiger partial charge in [0.15, 0.2) is 5.11 Å². The van der Waals surface area contributed by atoms with E-state index in [1.54, 1.807) is 0 Å². The van der Waals surface area contributed by atoms with Crippen molar-refractivity contribution in [3.63, 3.8) is 0 Å². The summed E-state index contributed by atoms with van der Waals surface area (Å²) in [5.41, 5.74) is 7.65. The zero-order valence-corrected chi connectivity index (χ0v) is 21.4. The third-order valence-corrected chi connectivity index (χ3v) is 7.04. The standard InChI is InChI=1S/C27H33N5OS/c1-6-31-19(4)16-21(20(31)5)26-25(22-9-7-8-13-28-22)30-27(34)32(26)14-12-24(33)29-23-15-17(2)10-11-18(23)3/h7-11,13,15-16,25-26H,6,12,14H2,1-5H3,(H,29,33)(H,30,34)/t25-,26+/m1/s1. The summed E-state index contributed by atoms with van der Waals surface area (Å²) in [6, 6.07) is 14.2. The third-order valence-electron chi connectivity index (χ3n) is 6.69. The van der Waals surface area contributed by atoms with Crippen molar-refractivity contribution in [3.05, 3.63) is 82.4 Å². The fourth-order valence-corrected chi connectivity index (χ4v) is 5.24. The zero-order valence-electron chi connectivity index (χ0n) is 20.6. The number of thiocarbonyl (C=S) groups is 1. The summed E-state index contributed by atoms with van der Waals surface area (Å²) in [4.78, 5) is 19.7. The number of anilines is 1. The van der Waals surface area contributed by atoms with Crippen molar-refractivity contribution >= 4 is 28.9 Å². The Hall–Kier alpha value is -3.19. The van der Waals surface area contributed by atoms with E-state index in [1.165, 1.54) is 17.0 Å². The number of pyridine rings is 1. The molecule has 0 spiro atoms. The Balaban J connectivity index is 1.60. The van der Waals surface area contributed by atoms with Crippen LogP contribution in [0.1, 0.15) is 59.2 Å². The summed E-state index contributed by atoms with van der Waals surface area (Å²) in [7, 11) is 0. The Labute approximate surface area is 207 Å². The molecule has 4 rings (SSSR count). The van der Waals surface area contributed by atoms with Gasteiger partial charge >= 0.3 is 0 Å². The summed E-state index contributed by atoms with van der Waals surface area (Å²) < 4.78 is 2.32. The highest BCUT2D eigenvalue weighted by Gasteiger charge is 2.41. The Kier molecular flexibility index (Phi) is 7.03. The molecule has 0 bridgehead atoms. The second-order valence-electron chi connectivity index (χ2n) is 9.01. The van der Waals surface area contributed by atoms with Crippen LogP contribution in [0.2, 0.25) is 0 Å². The first-order valence-electron chi connectivity index (χ1n) is 11.8. The normalized spacial score (nSPS) is 17.7. The first-order valence-corrected chi connectivity index (χ1v) is 12.2. The fraction of sp³-hybridized carbons (Fsp3) is 0.370. The minimum atomic E-state index is -0.0819. The van der Waals surface area contributed by atoms with Crippen molar-refractivity contribution in [2.24, 2.45) is 0 Å². The number of nitrogens with one attached hydrogen (secondary N) is 2. The van der Waals surface area contributed by atoms with Gasteiger partial charge in [-0.1, -0.05) is 18.2 Å². The Bertz CT molecular complexity index is 1200. The van der Waals surface area contributed by atoms with Gasteiger partial charge in [0, 0.05) is 42.8 Å². The molecule has 1 amide bonds. The van der Waals surface area contributed by atoms with Gasteiger partial charge in [-0.15, -0.1) is 0 Å². The predicted octanol–water partition coefficient (Wildman–Crippen LogP) is 5.14. The molecular formula is C27H33N5OS. The number of rotatable bonds is 7. The van der Waals surface area contributed by atoms with Crippen LogP contribution in [0.3, 0.4) is 0 Å². The summed E-state index contributed by atoms with van der Waals surface area (Å²) in [6.45, 7) is 11.9.